The van der Waals surface area contributed by atoms with Gasteiger partial charge in [0.05, 0.1) is 5.52 Å². The van der Waals surface area contributed by atoms with Crippen LogP contribution in [-0.4, -0.2) is 4.57 Å². The molecule has 0 radical (unpaired) electrons. The Bertz CT molecular complexity index is 778. The van der Waals surface area contributed by atoms with Crippen molar-refractivity contribution in [2.45, 2.75) is 12.6 Å². The lowest BCUT2D eigenvalue weighted by Crippen LogP contribution is -2.26. The van der Waals surface area contributed by atoms with Crippen LogP contribution in [0.3, 0.4) is 0 Å². The van der Waals surface area contributed by atoms with Crippen molar-refractivity contribution in [3.05, 3.63) is 82.6 Å². The second-order valence-electron chi connectivity index (χ2n) is 4.86. The minimum absolute atomic E-state index is 0.0184. The topological polar surface area (TPSA) is 48.0 Å². The molecule has 0 saturated heterocycles. The zero-order valence-electron chi connectivity index (χ0n) is 11.1. The number of fused-ring (bicyclic) bond motifs is 1. The molecule has 3 aromatic rings. The van der Waals surface area contributed by atoms with E-state index in [1.807, 2.05) is 60.7 Å². The van der Waals surface area contributed by atoms with Crippen LogP contribution in [0, 0.1) is 0 Å². The van der Waals surface area contributed by atoms with Crippen molar-refractivity contribution in [2.24, 2.45) is 5.73 Å². The van der Waals surface area contributed by atoms with Crippen LogP contribution in [0.5, 0.6) is 0 Å². The Labute approximate surface area is 117 Å². The van der Waals surface area contributed by atoms with Crippen molar-refractivity contribution in [2.75, 3.05) is 0 Å². The number of benzene rings is 2. The molecule has 0 saturated carbocycles. The van der Waals surface area contributed by atoms with E-state index in [-0.39, 0.29) is 11.6 Å². The van der Waals surface area contributed by atoms with Crippen molar-refractivity contribution in [3.63, 3.8) is 0 Å². The van der Waals surface area contributed by atoms with Gasteiger partial charge >= 0.3 is 0 Å². The average molecular weight is 264 g/mol. The normalized spacial score (nSPS) is 12.4. The fourth-order valence-corrected chi connectivity index (χ4v) is 2.43. The van der Waals surface area contributed by atoms with Crippen molar-refractivity contribution >= 4 is 10.9 Å². The summed E-state index contributed by atoms with van der Waals surface area (Å²) in [5, 5.41) is 1.05. The zero-order chi connectivity index (χ0) is 13.9. The molecule has 1 aromatic heterocycles. The van der Waals surface area contributed by atoms with Crippen LogP contribution < -0.4 is 11.3 Å². The molecule has 1 unspecified atom stereocenters. The van der Waals surface area contributed by atoms with Gasteiger partial charge in [-0.05, 0) is 23.1 Å². The fourth-order valence-electron chi connectivity index (χ4n) is 2.43. The number of rotatable bonds is 3. The van der Waals surface area contributed by atoms with E-state index in [0.29, 0.717) is 6.54 Å². The summed E-state index contributed by atoms with van der Waals surface area (Å²) in [4.78, 5) is 12.1. The van der Waals surface area contributed by atoms with Gasteiger partial charge in [-0.3, -0.25) is 4.79 Å². The number of pyridine rings is 1. The molecule has 3 nitrogen and oxygen atoms in total. The maximum atomic E-state index is 12.1. The van der Waals surface area contributed by atoms with Crippen LogP contribution in [0.1, 0.15) is 11.6 Å². The van der Waals surface area contributed by atoms with E-state index < -0.39 is 0 Å². The Kier molecular flexibility index (Phi) is 3.35. The summed E-state index contributed by atoms with van der Waals surface area (Å²) < 4.78 is 1.74. The van der Waals surface area contributed by atoms with Crippen molar-refractivity contribution in [1.82, 2.24) is 4.57 Å². The first-order valence-corrected chi connectivity index (χ1v) is 6.65. The lowest BCUT2D eigenvalue weighted by atomic mass is 10.1. The molecule has 0 aliphatic carbocycles. The van der Waals surface area contributed by atoms with Gasteiger partial charge in [-0.1, -0.05) is 48.5 Å². The third-order valence-corrected chi connectivity index (χ3v) is 3.51. The van der Waals surface area contributed by atoms with Gasteiger partial charge in [0.1, 0.15) is 0 Å². The smallest absolute Gasteiger partial charge is 0.251 e. The van der Waals surface area contributed by atoms with Crippen LogP contribution in [0.2, 0.25) is 0 Å². The highest BCUT2D eigenvalue weighted by Crippen LogP contribution is 2.15. The summed E-state index contributed by atoms with van der Waals surface area (Å²) >= 11 is 0. The van der Waals surface area contributed by atoms with Crippen LogP contribution in [0.4, 0.5) is 0 Å². The van der Waals surface area contributed by atoms with E-state index in [1.54, 1.807) is 10.6 Å². The van der Waals surface area contributed by atoms with Gasteiger partial charge in [-0.15, -0.1) is 0 Å². The van der Waals surface area contributed by atoms with E-state index >= 15 is 0 Å². The third kappa shape index (κ3) is 2.36. The highest BCUT2D eigenvalue weighted by molar-refractivity contribution is 5.78. The van der Waals surface area contributed by atoms with E-state index in [9.17, 15) is 4.79 Å². The molecular weight excluding hydrogens is 248 g/mol. The van der Waals surface area contributed by atoms with E-state index in [0.717, 1.165) is 16.5 Å². The second kappa shape index (κ2) is 5.31. The summed E-state index contributed by atoms with van der Waals surface area (Å²) in [6.07, 6.45) is 0. The minimum atomic E-state index is -0.195. The monoisotopic (exact) mass is 264 g/mol. The lowest BCUT2D eigenvalue weighted by Gasteiger charge is -2.16. The largest absolute Gasteiger partial charge is 0.322 e. The average Bonchev–Trinajstić information content (AvgIpc) is 2.51. The number of nitrogens with two attached hydrogens (primary N) is 1. The first-order chi connectivity index (χ1) is 9.75. The Morgan fingerprint density at radius 1 is 0.900 bits per heavy atom. The van der Waals surface area contributed by atoms with Crippen molar-refractivity contribution in [1.29, 1.82) is 0 Å². The first kappa shape index (κ1) is 12.6. The summed E-state index contributed by atoms with van der Waals surface area (Å²) in [5.74, 6) is 0. The Hall–Kier alpha value is -2.39. The Balaban J connectivity index is 2.03. The van der Waals surface area contributed by atoms with Gasteiger partial charge in [0.15, 0.2) is 0 Å². The molecule has 0 aliphatic heterocycles. The first-order valence-electron chi connectivity index (χ1n) is 6.65. The van der Waals surface area contributed by atoms with Crippen LogP contribution in [0.25, 0.3) is 10.9 Å². The molecule has 1 heterocycles. The number of aromatic nitrogens is 1. The molecule has 2 N–H and O–H groups in total. The van der Waals surface area contributed by atoms with E-state index in [1.165, 1.54) is 0 Å². The molecule has 0 spiro atoms. The van der Waals surface area contributed by atoms with Crippen LogP contribution in [0.15, 0.2) is 71.5 Å². The van der Waals surface area contributed by atoms with Crippen LogP contribution in [-0.2, 0) is 6.54 Å². The third-order valence-electron chi connectivity index (χ3n) is 3.51. The van der Waals surface area contributed by atoms with Gasteiger partial charge in [0, 0.05) is 18.7 Å². The maximum absolute atomic E-state index is 12.1. The molecule has 100 valence electrons. The molecule has 3 rings (SSSR count). The Morgan fingerprint density at radius 3 is 2.40 bits per heavy atom. The minimum Gasteiger partial charge on any atom is -0.322 e. The van der Waals surface area contributed by atoms with Crippen molar-refractivity contribution in [3.8, 4) is 0 Å². The summed E-state index contributed by atoms with van der Waals surface area (Å²) in [5.41, 5.74) is 8.17. The number of hydrogen-bond acceptors (Lipinski definition) is 2. The standard InChI is InChI=1S/C17H16N2O/c18-15(13-6-2-1-3-7-13)12-19-16-9-5-4-8-14(16)10-11-17(19)20/h1-11,15H,12,18H2. The van der Waals surface area contributed by atoms with E-state index in [4.69, 9.17) is 5.73 Å². The van der Waals surface area contributed by atoms with E-state index in [2.05, 4.69) is 0 Å². The molecule has 0 fully saturated rings. The molecule has 20 heavy (non-hydrogen) atoms. The molecule has 0 amide bonds. The molecule has 0 aliphatic rings. The maximum Gasteiger partial charge on any atom is 0.251 e. The molecular formula is C17H16N2O. The molecule has 0 bridgehead atoms. The second-order valence-corrected chi connectivity index (χ2v) is 4.86. The highest BCUT2D eigenvalue weighted by Gasteiger charge is 2.09. The summed E-state index contributed by atoms with van der Waals surface area (Å²) in [7, 11) is 0. The molecule has 2 aromatic carbocycles. The van der Waals surface area contributed by atoms with Gasteiger partial charge < -0.3 is 10.3 Å². The number of hydrogen-bond donors (Lipinski definition) is 1. The van der Waals surface area contributed by atoms with Gasteiger partial charge in [-0.2, -0.15) is 0 Å². The number of para-hydroxylation sites is 1. The van der Waals surface area contributed by atoms with Crippen LogP contribution >= 0.6 is 0 Å². The van der Waals surface area contributed by atoms with Gasteiger partial charge in [-0.25, -0.2) is 0 Å². The SMILES string of the molecule is NC(Cn1c(=O)ccc2ccccc21)c1ccccc1. The molecule has 3 heteroatoms. The predicted molar refractivity (Wildman–Crippen MR) is 81.6 cm³/mol. The number of nitrogens with zero attached hydrogens (tertiary/aromatic N) is 1. The fraction of sp³-hybridized carbons (Fsp3) is 0.118. The Morgan fingerprint density at radius 2 is 1.60 bits per heavy atom. The predicted octanol–water partition coefficient (Wildman–Crippen LogP) is 2.70. The highest BCUT2D eigenvalue weighted by atomic mass is 16.1. The summed E-state index contributed by atoms with van der Waals surface area (Å²) in [6.45, 7) is 0.476. The lowest BCUT2D eigenvalue weighted by molar-refractivity contribution is 0.577. The van der Waals surface area contributed by atoms with Crippen molar-refractivity contribution < 1.29 is 0 Å². The quantitative estimate of drug-likeness (QED) is 0.790. The molecule has 1 atom stereocenters. The zero-order valence-corrected chi connectivity index (χ0v) is 11.1. The van der Waals surface area contributed by atoms with Gasteiger partial charge in [0.25, 0.3) is 5.56 Å². The summed E-state index contributed by atoms with van der Waals surface area (Å²) in [6, 6.07) is 21.0. The van der Waals surface area contributed by atoms with Gasteiger partial charge in [0.2, 0.25) is 0 Å².